The maximum atomic E-state index is 12.9. The zero-order valence-corrected chi connectivity index (χ0v) is 28.8. The Morgan fingerprint density at radius 3 is 1.33 bits per heavy atom. The highest BCUT2D eigenvalue weighted by Crippen LogP contribution is 2.46. The summed E-state index contributed by atoms with van der Waals surface area (Å²) in [7, 11) is 0. The summed E-state index contributed by atoms with van der Waals surface area (Å²) >= 11 is 6.32. The number of aliphatic hydroxyl groups excluding tert-OH is 1. The van der Waals surface area contributed by atoms with Crippen LogP contribution in [0.5, 0.6) is 0 Å². The number of carbonyl (C=O) groups excluding carboxylic acids is 4. The van der Waals surface area contributed by atoms with E-state index in [0.29, 0.717) is 50.7 Å². The fourth-order valence-electron chi connectivity index (χ4n) is 7.99. The van der Waals surface area contributed by atoms with E-state index in [9.17, 15) is 24.3 Å². The number of benzene rings is 2. The number of halogens is 1. The van der Waals surface area contributed by atoms with E-state index < -0.39 is 11.6 Å². The Balaban J connectivity index is 0.000000181. The Bertz CT molecular complexity index is 1610. The van der Waals surface area contributed by atoms with Gasteiger partial charge in [-0.3, -0.25) is 19.2 Å². The van der Waals surface area contributed by atoms with E-state index in [1.807, 2.05) is 0 Å². The Morgan fingerprint density at radius 2 is 0.891 bits per heavy atom. The van der Waals surface area contributed by atoms with Crippen molar-refractivity contribution in [2.24, 2.45) is 34.5 Å². The van der Waals surface area contributed by atoms with Crippen LogP contribution >= 0.6 is 11.6 Å². The van der Waals surface area contributed by atoms with Gasteiger partial charge in [0.1, 0.15) is 5.76 Å². The lowest BCUT2D eigenvalue weighted by Crippen LogP contribution is -2.32. The van der Waals surface area contributed by atoms with Gasteiger partial charge in [0.15, 0.2) is 5.78 Å². The molecule has 2 saturated carbocycles. The molecule has 5 nitrogen and oxygen atoms in total. The van der Waals surface area contributed by atoms with Gasteiger partial charge in [-0.1, -0.05) is 102 Å². The summed E-state index contributed by atoms with van der Waals surface area (Å²) in [6.07, 6.45) is 7.85. The molecule has 0 heterocycles. The SMILES string of the molecule is CC(C)(C)C1CCC(C2=C(Cl)C(=O)c3ccccc3C2=O)CC1.CC(C)(C)C1CCC(C2=C(O)c3ccccc3C(=O)C2=O)CC1. The van der Waals surface area contributed by atoms with Gasteiger partial charge in [-0.2, -0.15) is 0 Å². The van der Waals surface area contributed by atoms with Crippen LogP contribution in [0.3, 0.4) is 0 Å². The van der Waals surface area contributed by atoms with Crippen molar-refractivity contribution in [1.82, 2.24) is 0 Å². The lowest BCUT2D eigenvalue weighted by atomic mass is 9.67. The minimum absolute atomic E-state index is 0.00148. The summed E-state index contributed by atoms with van der Waals surface area (Å²) in [6, 6.07) is 13.8. The van der Waals surface area contributed by atoms with Crippen LogP contribution in [-0.2, 0) is 4.79 Å². The molecule has 0 aromatic heterocycles. The van der Waals surface area contributed by atoms with E-state index in [1.165, 1.54) is 0 Å². The molecular formula is C40H47ClO5. The summed E-state index contributed by atoms with van der Waals surface area (Å²) in [6.45, 7) is 13.6. The second-order valence-corrected chi connectivity index (χ2v) is 16.1. The summed E-state index contributed by atoms with van der Waals surface area (Å²) in [4.78, 5) is 50.2. The van der Waals surface area contributed by atoms with E-state index in [-0.39, 0.29) is 39.6 Å². The first-order chi connectivity index (χ1) is 21.6. The van der Waals surface area contributed by atoms with Gasteiger partial charge >= 0.3 is 0 Å². The van der Waals surface area contributed by atoms with Gasteiger partial charge in [-0.25, -0.2) is 0 Å². The third-order valence-electron chi connectivity index (χ3n) is 10.9. The maximum Gasteiger partial charge on any atom is 0.234 e. The number of fused-ring (bicyclic) bond motifs is 2. The van der Waals surface area contributed by atoms with Crippen molar-refractivity contribution >= 4 is 40.5 Å². The molecule has 1 N–H and O–H groups in total. The van der Waals surface area contributed by atoms with Crippen LogP contribution in [0.1, 0.15) is 130 Å². The van der Waals surface area contributed by atoms with Crippen LogP contribution in [-0.4, -0.2) is 28.2 Å². The third-order valence-corrected chi connectivity index (χ3v) is 11.3. The third kappa shape index (κ3) is 6.58. The Morgan fingerprint density at radius 1 is 0.522 bits per heavy atom. The lowest BCUT2D eigenvalue weighted by Gasteiger charge is -2.38. The summed E-state index contributed by atoms with van der Waals surface area (Å²) in [5, 5.41) is 10.7. The fraction of sp³-hybridized carbons (Fsp3) is 0.500. The van der Waals surface area contributed by atoms with Crippen LogP contribution in [0, 0.1) is 34.5 Å². The lowest BCUT2D eigenvalue weighted by molar-refractivity contribution is -0.112. The minimum atomic E-state index is -0.514. The number of aliphatic hydroxyl groups is 1. The molecule has 46 heavy (non-hydrogen) atoms. The van der Waals surface area contributed by atoms with Gasteiger partial charge in [-0.05, 0) is 85.9 Å². The van der Waals surface area contributed by atoms with Crippen LogP contribution in [0.2, 0.25) is 0 Å². The highest BCUT2D eigenvalue weighted by atomic mass is 35.5. The summed E-state index contributed by atoms with van der Waals surface area (Å²) in [5.74, 6) is 0.183. The second kappa shape index (κ2) is 13.1. The highest BCUT2D eigenvalue weighted by Gasteiger charge is 2.40. The van der Waals surface area contributed by atoms with Gasteiger partial charge in [-0.15, -0.1) is 0 Å². The first-order valence-electron chi connectivity index (χ1n) is 16.8. The number of Topliss-reactive ketones (excluding diaryl/α,β-unsaturated/α-hetero) is 4. The molecule has 0 saturated heterocycles. The summed E-state index contributed by atoms with van der Waals surface area (Å²) in [5.41, 5.74) is 3.24. The minimum Gasteiger partial charge on any atom is -0.507 e. The van der Waals surface area contributed by atoms with Crippen molar-refractivity contribution in [3.63, 3.8) is 0 Å². The van der Waals surface area contributed by atoms with Crippen molar-refractivity contribution in [3.05, 3.63) is 87.0 Å². The van der Waals surface area contributed by atoms with Gasteiger partial charge in [0, 0.05) is 33.4 Å². The highest BCUT2D eigenvalue weighted by molar-refractivity contribution is 6.52. The van der Waals surface area contributed by atoms with Crippen molar-refractivity contribution in [3.8, 4) is 0 Å². The molecule has 6 rings (SSSR count). The Labute approximate surface area is 278 Å². The van der Waals surface area contributed by atoms with Crippen molar-refractivity contribution in [2.45, 2.75) is 92.9 Å². The molecule has 244 valence electrons. The molecule has 0 unspecified atom stereocenters. The topological polar surface area (TPSA) is 88.5 Å². The Hall–Kier alpha value is -3.31. The molecule has 0 atom stereocenters. The smallest absolute Gasteiger partial charge is 0.234 e. The number of carbonyl (C=O) groups is 4. The molecule has 2 aromatic rings. The number of allylic oxidation sites excluding steroid dienone is 3. The predicted octanol–water partition coefficient (Wildman–Crippen LogP) is 9.98. The quantitative estimate of drug-likeness (QED) is 0.329. The van der Waals surface area contributed by atoms with Crippen LogP contribution in [0.15, 0.2) is 64.7 Å². The molecule has 2 fully saturated rings. The predicted molar refractivity (Wildman–Crippen MR) is 183 cm³/mol. The number of rotatable bonds is 2. The first-order valence-corrected chi connectivity index (χ1v) is 17.2. The largest absolute Gasteiger partial charge is 0.507 e. The standard InChI is InChI=1S/C20H23ClO2.C20H24O3/c1-20(2,3)13-10-8-12(9-11-13)16-17(21)19(23)15-7-5-4-6-14(15)18(16)22;1-20(2,3)13-10-8-12(9-11-13)16-17(21)14-6-4-5-7-15(14)18(22)19(16)23/h4-7,12-13H,8-11H2,1-3H3;4-7,12-13,21H,8-11H2,1-3H3. The van der Waals surface area contributed by atoms with Crippen molar-refractivity contribution in [2.75, 3.05) is 0 Å². The molecule has 4 aliphatic rings. The normalized spacial score (nSPS) is 25.5. The van der Waals surface area contributed by atoms with Crippen LogP contribution in [0.4, 0.5) is 0 Å². The van der Waals surface area contributed by atoms with Crippen LogP contribution in [0.25, 0.3) is 5.76 Å². The Kier molecular flexibility index (Phi) is 9.67. The van der Waals surface area contributed by atoms with E-state index >= 15 is 0 Å². The van der Waals surface area contributed by atoms with E-state index in [1.54, 1.807) is 48.5 Å². The van der Waals surface area contributed by atoms with E-state index in [0.717, 1.165) is 51.4 Å². The number of hydrogen-bond acceptors (Lipinski definition) is 5. The van der Waals surface area contributed by atoms with E-state index in [2.05, 4.69) is 41.5 Å². The number of ketones is 4. The molecule has 6 heteroatoms. The molecule has 0 amide bonds. The first kappa shape index (κ1) is 34.0. The maximum absolute atomic E-state index is 12.9. The molecule has 4 aliphatic carbocycles. The average Bonchev–Trinajstić information content (AvgIpc) is 3.03. The van der Waals surface area contributed by atoms with Crippen molar-refractivity contribution < 1.29 is 24.3 Å². The van der Waals surface area contributed by atoms with Crippen LogP contribution < -0.4 is 0 Å². The summed E-state index contributed by atoms with van der Waals surface area (Å²) < 4.78 is 0. The average molecular weight is 643 g/mol. The molecular weight excluding hydrogens is 596 g/mol. The van der Waals surface area contributed by atoms with Gasteiger partial charge in [0.2, 0.25) is 17.3 Å². The molecule has 2 aromatic carbocycles. The van der Waals surface area contributed by atoms with E-state index in [4.69, 9.17) is 11.6 Å². The fourth-order valence-corrected chi connectivity index (χ4v) is 8.33. The van der Waals surface area contributed by atoms with Gasteiger partial charge < -0.3 is 5.11 Å². The van der Waals surface area contributed by atoms with Gasteiger partial charge in [0.25, 0.3) is 0 Å². The molecule has 0 bridgehead atoms. The molecule has 0 aliphatic heterocycles. The zero-order valence-electron chi connectivity index (χ0n) is 28.0. The number of hydrogen-bond donors (Lipinski definition) is 1. The molecule has 0 spiro atoms. The molecule has 0 radical (unpaired) electrons. The second-order valence-electron chi connectivity index (χ2n) is 15.7. The zero-order chi connectivity index (χ0) is 33.6. The van der Waals surface area contributed by atoms with Crippen molar-refractivity contribution in [1.29, 1.82) is 0 Å². The monoisotopic (exact) mass is 642 g/mol. The van der Waals surface area contributed by atoms with Gasteiger partial charge in [0.05, 0.1) is 5.03 Å².